The molecule has 0 saturated carbocycles. The van der Waals surface area contributed by atoms with Gasteiger partial charge in [0, 0.05) is 5.57 Å². The molecule has 1 amide bonds. The van der Waals surface area contributed by atoms with Crippen LogP contribution in [0.5, 0.6) is 0 Å². The second-order valence-corrected chi connectivity index (χ2v) is 3.12. The molecule has 1 aromatic heterocycles. The molecule has 0 bridgehead atoms. The Kier molecular flexibility index (Phi) is 3.97. The van der Waals surface area contributed by atoms with E-state index in [1.807, 2.05) is 13.0 Å². The van der Waals surface area contributed by atoms with E-state index in [9.17, 15) is 9.18 Å². The summed E-state index contributed by atoms with van der Waals surface area (Å²) in [5.74, 6) is -0.751. The third-order valence-electron chi connectivity index (χ3n) is 1.85. The van der Waals surface area contributed by atoms with Gasteiger partial charge in [-0.15, -0.1) is 0 Å². The van der Waals surface area contributed by atoms with Gasteiger partial charge in [-0.05, 0) is 25.5 Å². The Morgan fingerprint density at radius 3 is 2.87 bits per heavy atom. The average Bonchev–Trinajstić information content (AvgIpc) is 2.22. The first-order valence-corrected chi connectivity index (χ1v) is 4.73. The first-order chi connectivity index (χ1) is 7.13. The lowest BCUT2D eigenvalue weighted by Crippen LogP contribution is -2.12. The third-order valence-corrected chi connectivity index (χ3v) is 1.85. The van der Waals surface area contributed by atoms with Crippen LogP contribution < -0.4 is 5.32 Å². The van der Waals surface area contributed by atoms with Gasteiger partial charge < -0.3 is 5.32 Å². The minimum Gasteiger partial charge on any atom is -0.321 e. The van der Waals surface area contributed by atoms with E-state index in [0.29, 0.717) is 11.3 Å². The van der Waals surface area contributed by atoms with Crippen molar-refractivity contribution in [3.63, 3.8) is 0 Å². The van der Waals surface area contributed by atoms with E-state index in [2.05, 4.69) is 10.3 Å². The van der Waals surface area contributed by atoms with Gasteiger partial charge in [0.05, 0.1) is 11.9 Å². The molecule has 0 atom stereocenters. The van der Waals surface area contributed by atoms with E-state index in [-0.39, 0.29) is 5.91 Å². The molecule has 0 aliphatic heterocycles. The Hall–Kier alpha value is -1.71. The standard InChI is InChI=1S/C11H13FN2O/c1-3-4-8(2)11(15)14-9-5-6-10(12)13-7-9/h4-7H,3H2,1-2H3,(H,14,15)/b8-4-. The minimum atomic E-state index is -0.561. The smallest absolute Gasteiger partial charge is 0.251 e. The SMILES string of the molecule is CC/C=C(/C)C(=O)Nc1ccc(F)nc1. The molecule has 1 N–H and O–H groups in total. The summed E-state index contributed by atoms with van der Waals surface area (Å²) in [6.07, 6.45) is 3.92. The molecule has 0 aliphatic carbocycles. The monoisotopic (exact) mass is 208 g/mol. The molecule has 4 heteroatoms. The van der Waals surface area contributed by atoms with Gasteiger partial charge in [-0.3, -0.25) is 4.79 Å². The highest BCUT2D eigenvalue weighted by molar-refractivity contribution is 6.03. The number of hydrogen-bond donors (Lipinski definition) is 1. The van der Waals surface area contributed by atoms with Gasteiger partial charge in [-0.2, -0.15) is 4.39 Å². The van der Waals surface area contributed by atoms with Crippen molar-refractivity contribution in [2.75, 3.05) is 5.32 Å². The summed E-state index contributed by atoms with van der Waals surface area (Å²) in [7, 11) is 0. The Balaban J connectivity index is 2.66. The highest BCUT2D eigenvalue weighted by atomic mass is 19.1. The van der Waals surface area contributed by atoms with Crippen LogP contribution in [-0.4, -0.2) is 10.9 Å². The van der Waals surface area contributed by atoms with Crippen molar-refractivity contribution < 1.29 is 9.18 Å². The lowest BCUT2D eigenvalue weighted by molar-refractivity contribution is -0.112. The lowest BCUT2D eigenvalue weighted by Gasteiger charge is -2.04. The highest BCUT2D eigenvalue weighted by Crippen LogP contribution is 2.07. The van der Waals surface area contributed by atoms with E-state index in [4.69, 9.17) is 0 Å². The molecular formula is C11H13FN2O. The molecule has 0 aliphatic rings. The predicted molar refractivity (Wildman–Crippen MR) is 56.9 cm³/mol. The molecule has 0 fully saturated rings. The fourth-order valence-electron chi connectivity index (χ4n) is 1.08. The molecule has 0 spiro atoms. The van der Waals surface area contributed by atoms with Gasteiger partial charge in [-0.1, -0.05) is 13.0 Å². The van der Waals surface area contributed by atoms with Gasteiger partial charge in [0.15, 0.2) is 0 Å². The summed E-state index contributed by atoms with van der Waals surface area (Å²) >= 11 is 0. The minimum absolute atomic E-state index is 0.190. The van der Waals surface area contributed by atoms with Crippen molar-refractivity contribution in [1.82, 2.24) is 4.98 Å². The molecule has 0 aromatic carbocycles. The zero-order valence-corrected chi connectivity index (χ0v) is 8.75. The van der Waals surface area contributed by atoms with Crippen LogP contribution in [0, 0.1) is 5.95 Å². The number of amides is 1. The van der Waals surface area contributed by atoms with Gasteiger partial charge in [0.2, 0.25) is 5.95 Å². The Morgan fingerprint density at radius 1 is 1.60 bits per heavy atom. The van der Waals surface area contributed by atoms with E-state index in [1.165, 1.54) is 18.3 Å². The van der Waals surface area contributed by atoms with Crippen molar-refractivity contribution in [3.05, 3.63) is 35.9 Å². The molecule has 0 unspecified atom stereocenters. The maximum atomic E-state index is 12.5. The van der Waals surface area contributed by atoms with Crippen LogP contribution in [0.25, 0.3) is 0 Å². The number of carbonyl (C=O) groups excluding carboxylic acids is 1. The number of allylic oxidation sites excluding steroid dienone is 1. The maximum Gasteiger partial charge on any atom is 0.251 e. The van der Waals surface area contributed by atoms with E-state index in [1.54, 1.807) is 6.92 Å². The molecule has 1 heterocycles. The molecule has 1 aromatic rings. The molecule has 80 valence electrons. The average molecular weight is 208 g/mol. The molecule has 15 heavy (non-hydrogen) atoms. The van der Waals surface area contributed by atoms with E-state index >= 15 is 0 Å². The van der Waals surface area contributed by atoms with Crippen molar-refractivity contribution in [1.29, 1.82) is 0 Å². The van der Waals surface area contributed by atoms with Crippen molar-refractivity contribution >= 4 is 11.6 Å². The quantitative estimate of drug-likeness (QED) is 0.612. The maximum absolute atomic E-state index is 12.5. The number of nitrogens with one attached hydrogen (secondary N) is 1. The Morgan fingerprint density at radius 2 is 2.33 bits per heavy atom. The normalized spacial score (nSPS) is 11.3. The topological polar surface area (TPSA) is 42.0 Å². The van der Waals surface area contributed by atoms with Crippen LogP contribution in [0.3, 0.4) is 0 Å². The molecule has 0 radical (unpaired) electrons. The Labute approximate surface area is 88.0 Å². The number of halogens is 1. The number of anilines is 1. The fraction of sp³-hybridized carbons (Fsp3) is 0.273. The first-order valence-electron chi connectivity index (χ1n) is 4.73. The van der Waals surface area contributed by atoms with Crippen LogP contribution >= 0.6 is 0 Å². The van der Waals surface area contributed by atoms with Crippen LogP contribution in [0.2, 0.25) is 0 Å². The Bertz CT molecular complexity index is 371. The van der Waals surface area contributed by atoms with Crippen molar-refractivity contribution in [2.24, 2.45) is 0 Å². The zero-order valence-electron chi connectivity index (χ0n) is 8.75. The van der Waals surface area contributed by atoms with E-state index < -0.39 is 5.95 Å². The molecule has 0 saturated heterocycles. The molecule has 3 nitrogen and oxygen atoms in total. The third kappa shape index (κ3) is 3.50. The zero-order chi connectivity index (χ0) is 11.3. The van der Waals surface area contributed by atoms with Gasteiger partial charge >= 0.3 is 0 Å². The fourth-order valence-corrected chi connectivity index (χ4v) is 1.08. The second kappa shape index (κ2) is 5.24. The van der Waals surface area contributed by atoms with Gasteiger partial charge in [-0.25, -0.2) is 4.98 Å². The summed E-state index contributed by atoms with van der Waals surface area (Å²) in [4.78, 5) is 14.9. The van der Waals surface area contributed by atoms with Gasteiger partial charge in [0.1, 0.15) is 0 Å². The second-order valence-electron chi connectivity index (χ2n) is 3.12. The summed E-state index contributed by atoms with van der Waals surface area (Å²) in [6, 6.07) is 2.67. The molecular weight excluding hydrogens is 195 g/mol. The summed E-state index contributed by atoms with van der Waals surface area (Å²) in [5, 5.41) is 2.62. The van der Waals surface area contributed by atoms with Crippen molar-refractivity contribution in [2.45, 2.75) is 20.3 Å². The van der Waals surface area contributed by atoms with Crippen LogP contribution in [0.15, 0.2) is 30.0 Å². The summed E-state index contributed by atoms with van der Waals surface area (Å²) < 4.78 is 12.5. The van der Waals surface area contributed by atoms with Gasteiger partial charge in [0.25, 0.3) is 5.91 Å². The first kappa shape index (κ1) is 11.4. The number of rotatable bonds is 3. The number of hydrogen-bond acceptors (Lipinski definition) is 2. The van der Waals surface area contributed by atoms with Crippen LogP contribution in [0.1, 0.15) is 20.3 Å². The summed E-state index contributed by atoms with van der Waals surface area (Å²) in [6.45, 7) is 3.69. The van der Waals surface area contributed by atoms with E-state index in [0.717, 1.165) is 6.42 Å². The number of pyridine rings is 1. The number of carbonyl (C=O) groups is 1. The summed E-state index contributed by atoms with van der Waals surface area (Å²) in [5.41, 5.74) is 1.13. The number of aromatic nitrogens is 1. The highest BCUT2D eigenvalue weighted by Gasteiger charge is 2.04. The van der Waals surface area contributed by atoms with Crippen LogP contribution in [0.4, 0.5) is 10.1 Å². The predicted octanol–water partition coefficient (Wildman–Crippen LogP) is 2.52. The van der Waals surface area contributed by atoms with Crippen molar-refractivity contribution in [3.8, 4) is 0 Å². The molecule has 1 rings (SSSR count). The largest absolute Gasteiger partial charge is 0.321 e. The van der Waals surface area contributed by atoms with Crippen LogP contribution in [-0.2, 0) is 4.79 Å². The lowest BCUT2D eigenvalue weighted by atomic mass is 10.2. The number of nitrogens with zero attached hydrogens (tertiary/aromatic N) is 1.